The second-order valence-corrected chi connectivity index (χ2v) is 11.7. The molecule has 188 valence electrons. The number of fused-ring (bicyclic) bond motifs is 1. The molecule has 0 bridgehead atoms. The van der Waals surface area contributed by atoms with Crippen LogP contribution in [0.25, 0.3) is 11.0 Å². The maximum Gasteiger partial charge on any atom is 0.307 e. The summed E-state index contributed by atoms with van der Waals surface area (Å²) in [6.45, 7) is 9.86. The summed E-state index contributed by atoms with van der Waals surface area (Å²) in [5.41, 5.74) is 1.37. The number of carbonyl (C=O) groups excluding carboxylic acids is 2. The van der Waals surface area contributed by atoms with E-state index in [1.807, 2.05) is 11.5 Å². The molecule has 0 aliphatic carbocycles. The van der Waals surface area contributed by atoms with Gasteiger partial charge in [0, 0.05) is 40.2 Å². The largest absolute Gasteiger partial charge is 0.453 e. The van der Waals surface area contributed by atoms with Crippen molar-refractivity contribution in [1.29, 1.82) is 0 Å². The van der Waals surface area contributed by atoms with Gasteiger partial charge in [0.05, 0.1) is 22.3 Å². The van der Waals surface area contributed by atoms with Crippen LogP contribution >= 0.6 is 0 Å². The molecule has 0 spiro atoms. The summed E-state index contributed by atoms with van der Waals surface area (Å²) >= 11 is 0. The number of benzene rings is 1. The predicted octanol–water partition coefficient (Wildman–Crippen LogP) is 2.68. The molecule has 1 amide bonds. The number of aromatic nitrogens is 2. The molecule has 34 heavy (non-hydrogen) atoms. The number of imidazole rings is 1. The predicted molar refractivity (Wildman–Crippen MR) is 130 cm³/mol. The van der Waals surface area contributed by atoms with Crippen LogP contribution in [0.3, 0.4) is 0 Å². The minimum atomic E-state index is -3.57. The van der Waals surface area contributed by atoms with E-state index in [1.165, 1.54) is 14.1 Å². The molecule has 2 aromatic rings. The number of likely N-dealkylation sites (tertiary alicyclic amines) is 1. The summed E-state index contributed by atoms with van der Waals surface area (Å²) in [7, 11) is -0.597. The Morgan fingerprint density at radius 3 is 2.44 bits per heavy atom. The third-order valence-electron chi connectivity index (χ3n) is 6.28. The Labute approximate surface area is 202 Å². The van der Waals surface area contributed by atoms with Crippen molar-refractivity contribution in [1.82, 2.24) is 18.8 Å². The Balaban J connectivity index is 1.67. The van der Waals surface area contributed by atoms with Gasteiger partial charge in [-0.05, 0) is 50.3 Å². The number of amides is 1. The first-order valence-corrected chi connectivity index (χ1v) is 13.3. The molecule has 1 saturated heterocycles. The standard InChI is InChI=1S/C24H36N4O5S/c1-7-28-21-9-8-19(34(31,32)26(5)6)13-20(21)25-22(28)10-11-23(29)33-18(4)24(30)27-14-16(2)12-17(3)15-27/h8-9,13,16-18H,7,10-12,14-15H2,1-6H3/t16-,17-,18-/m0/s1. The molecule has 1 aliphatic heterocycles. The molecule has 3 atom stereocenters. The van der Waals surface area contributed by atoms with Gasteiger partial charge in [-0.2, -0.15) is 0 Å². The number of rotatable bonds is 8. The minimum absolute atomic E-state index is 0.0800. The second kappa shape index (κ2) is 10.4. The molecule has 1 aromatic heterocycles. The highest BCUT2D eigenvalue weighted by molar-refractivity contribution is 7.89. The van der Waals surface area contributed by atoms with Gasteiger partial charge >= 0.3 is 5.97 Å². The number of nitrogens with zero attached hydrogens (tertiary/aromatic N) is 4. The molecule has 1 aliphatic rings. The first-order chi connectivity index (χ1) is 15.9. The van der Waals surface area contributed by atoms with Crippen molar-refractivity contribution in [3.05, 3.63) is 24.0 Å². The van der Waals surface area contributed by atoms with Crippen molar-refractivity contribution >= 4 is 32.9 Å². The average Bonchev–Trinajstić information content (AvgIpc) is 3.12. The Morgan fingerprint density at radius 2 is 1.85 bits per heavy atom. The van der Waals surface area contributed by atoms with Gasteiger partial charge in [-0.3, -0.25) is 9.59 Å². The molecule has 0 saturated carbocycles. The first kappa shape index (κ1) is 26.2. The van der Waals surface area contributed by atoms with E-state index >= 15 is 0 Å². The summed E-state index contributed by atoms with van der Waals surface area (Å²) < 4.78 is 33.5. The zero-order valence-electron chi connectivity index (χ0n) is 20.9. The van der Waals surface area contributed by atoms with Crippen molar-refractivity contribution in [3.63, 3.8) is 0 Å². The Kier molecular flexibility index (Phi) is 8.02. The molecule has 10 heteroatoms. The monoisotopic (exact) mass is 492 g/mol. The van der Waals surface area contributed by atoms with Crippen LogP contribution in [0.2, 0.25) is 0 Å². The number of hydrogen-bond donors (Lipinski definition) is 0. The smallest absolute Gasteiger partial charge is 0.307 e. The van der Waals surface area contributed by atoms with Gasteiger partial charge in [0.2, 0.25) is 10.0 Å². The maximum atomic E-state index is 12.8. The summed E-state index contributed by atoms with van der Waals surface area (Å²) in [5.74, 6) is 0.940. The van der Waals surface area contributed by atoms with Gasteiger partial charge < -0.3 is 14.2 Å². The fourth-order valence-corrected chi connectivity index (χ4v) is 5.62. The van der Waals surface area contributed by atoms with E-state index in [0.29, 0.717) is 49.2 Å². The van der Waals surface area contributed by atoms with Gasteiger partial charge in [-0.15, -0.1) is 0 Å². The topological polar surface area (TPSA) is 102 Å². The molecule has 0 unspecified atom stereocenters. The van der Waals surface area contributed by atoms with Crippen LogP contribution in [0.1, 0.15) is 46.4 Å². The number of esters is 1. The van der Waals surface area contributed by atoms with Crippen LogP contribution < -0.4 is 0 Å². The van der Waals surface area contributed by atoms with E-state index < -0.39 is 22.1 Å². The molecule has 3 rings (SSSR count). The fourth-order valence-electron chi connectivity index (χ4n) is 4.69. The maximum absolute atomic E-state index is 12.8. The van der Waals surface area contributed by atoms with Gasteiger partial charge in [0.25, 0.3) is 5.91 Å². The van der Waals surface area contributed by atoms with Gasteiger partial charge in [0.15, 0.2) is 6.10 Å². The minimum Gasteiger partial charge on any atom is -0.453 e. The molecule has 2 heterocycles. The molecule has 1 aromatic carbocycles. The summed E-state index contributed by atoms with van der Waals surface area (Å²) in [6.07, 6.45) is 0.680. The zero-order chi connectivity index (χ0) is 25.2. The number of carbonyl (C=O) groups is 2. The SMILES string of the molecule is CCn1c(CCC(=O)O[C@@H](C)C(=O)N2C[C@@H](C)C[C@H](C)C2)nc2cc(S(=O)(=O)N(C)C)ccc21. The molecule has 0 N–H and O–H groups in total. The van der Waals surface area contributed by atoms with Crippen LogP contribution in [-0.2, 0) is 37.3 Å². The Bertz CT molecular complexity index is 1150. The third-order valence-corrected chi connectivity index (χ3v) is 8.09. The third kappa shape index (κ3) is 5.60. The highest BCUT2D eigenvalue weighted by atomic mass is 32.2. The van der Waals surface area contributed by atoms with Crippen LogP contribution in [-0.4, -0.2) is 72.3 Å². The van der Waals surface area contributed by atoms with Gasteiger partial charge in [0.1, 0.15) is 5.82 Å². The van der Waals surface area contributed by atoms with E-state index in [-0.39, 0.29) is 17.2 Å². The summed E-state index contributed by atoms with van der Waals surface area (Å²) in [6, 6.07) is 4.87. The first-order valence-electron chi connectivity index (χ1n) is 11.8. The van der Waals surface area contributed by atoms with Gasteiger partial charge in [-0.25, -0.2) is 17.7 Å². The zero-order valence-corrected chi connectivity index (χ0v) is 21.8. The van der Waals surface area contributed by atoms with Gasteiger partial charge in [-0.1, -0.05) is 13.8 Å². The highest BCUT2D eigenvalue weighted by Gasteiger charge is 2.30. The molecular formula is C24H36N4O5S. The van der Waals surface area contributed by atoms with Crippen molar-refractivity contribution in [2.75, 3.05) is 27.2 Å². The Morgan fingerprint density at radius 1 is 1.21 bits per heavy atom. The van der Waals surface area contributed by atoms with Crippen LogP contribution in [0.5, 0.6) is 0 Å². The summed E-state index contributed by atoms with van der Waals surface area (Å²) in [4.78, 5) is 31.8. The normalized spacial score (nSPS) is 20.0. The number of ether oxygens (including phenoxy) is 1. The van der Waals surface area contributed by atoms with E-state index in [1.54, 1.807) is 30.0 Å². The van der Waals surface area contributed by atoms with E-state index in [2.05, 4.69) is 18.8 Å². The average molecular weight is 493 g/mol. The molecular weight excluding hydrogens is 456 g/mol. The molecule has 0 radical (unpaired) electrons. The molecule has 1 fully saturated rings. The highest BCUT2D eigenvalue weighted by Crippen LogP contribution is 2.24. The van der Waals surface area contributed by atoms with Crippen molar-refractivity contribution < 1.29 is 22.7 Å². The van der Waals surface area contributed by atoms with Crippen molar-refractivity contribution in [2.45, 2.75) is 64.5 Å². The van der Waals surface area contributed by atoms with Crippen molar-refractivity contribution in [3.8, 4) is 0 Å². The lowest BCUT2D eigenvalue weighted by Crippen LogP contribution is -2.47. The quantitative estimate of drug-likeness (QED) is 0.525. The van der Waals surface area contributed by atoms with E-state index in [0.717, 1.165) is 16.2 Å². The number of sulfonamides is 1. The van der Waals surface area contributed by atoms with E-state index in [9.17, 15) is 18.0 Å². The fraction of sp³-hybridized carbons (Fsp3) is 0.625. The van der Waals surface area contributed by atoms with E-state index in [4.69, 9.17) is 4.74 Å². The lowest BCUT2D eigenvalue weighted by atomic mass is 9.91. The number of aryl methyl sites for hydroxylation is 2. The van der Waals surface area contributed by atoms with Crippen LogP contribution in [0.15, 0.2) is 23.1 Å². The lowest BCUT2D eigenvalue weighted by molar-refractivity contribution is -0.160. The lowest BCUT2D eigenvalue weighted by Gasteiger charge is -2.36. The second-order valence-electron chi connectivity index (χ2n) is 9.53. The van der Waals surface area contributed by atoms with Crippen molar-refractivity contribution in [2.24, 2.45) is 11.8 Å². The van der Waals surface area contributed by atoms with Crippen LogP contribution in [0.4, 0.5) is 0 Å². The molecule has 9 nitrogen and oxygen atoms in total. The Hall–Kier alpha value is -2.46. The number of piperidine rings is 1. The summed E-state index contributed by atoms with van der Waals surface area (Å²) in [5, 5.41) is 0. The number of hydrogen-bond acceptors (Lipinski definition) is 6. The van der Waals surface area contributed by atoms with Crippen LogP contribution in [0, 0.1) is 11.8 Å².